The lowest BCUT2D eigenvalue weighted by atomic mass is 10.1. The molecule has 1 aliphatic rings. The molecular formula is C28H21FN4O4. The molecule has 1 saturated heterocycles. The molecule has 2 N–H and O–H groups in total. The van der Waals surface area contributed by atoms with Crippen LogP contribution in [0, 0.1) is 12.7 Å². The number of benzene rings is 3. The van der Waals surface area contributed by atoms with Crippen molar-refractivity contribution in [3.63, 3.8) is 0 Å². The minimum Gasteiger partial charge on any atom is -0.337 e. The van der Waals surface area contributed by atoms with Crippen LogP contribution in [0.5, 0.6) is 0 Å². The molecule has 5 amide bonds. The number of nitrogens with one attached hydrogen (secondary N) is 2. The van der Waals surface area contributed by atoms with Gasteiger partial charge in [-0.05, 0) is 55.5 Å². The number of carbonyl (C=O) groups excluding carboxylic acids is 4. The number of nitrogens with zero attached hydrogens (tertiary/aromatic N) is 2. The van der Waals surface area contributed by atoms with Crippen molar-refractivity contribution >= 4 is 52.1 Å². The number of carbonyl (C=O) groups is 4. The summed E-state index contributed by atoms with van der Waals surface area (Å²) in [6, 6.07) is 18.6. The minimum atomic E-state index is -0.922. The molecule has 0 spiro atoms. The quantitative estimate of drug-likeness (QED) is 0.316. The number of urea groups is 1. The van der Waals surface area contributed by atoms with Gasteiger partial charge in [0.1, 0.15) is 17.9 Å². The third-order valence-electron chi connectivity index (χ3n) is 5.96. The number of hydrogen-bond donors (Lipinski definition) is 2. The lowest BCUT2D eigenvalue weighted by Crippen LogP contribution is -2.54. The van der Waals surface area contributed by atoms with Gasteiger partial charge in [-0.15, -0.1) is 0 Å². The molecule has 184 valence electrons. The van der Waals surface area contributed by atoms with Crippen LogP contribution < -0.4 is 15.5 Å². The topological polar surface area (TPSA) is 101 Å². The predicted molar refractivity (Wildman–Crippen MR) is 137 cm³/mol. The Morgan fingerprint density at radius 3 is 2.41 bits per heavy atom. The predicted octanol–water partition coefficient (Wildman–Crippen LogP) is 4.39. The summed E-state index contributed by atoms with van der Waals surface area (Å²) in [6.07, 6.45) is 3.06. The van der Waals surface area contributed by atoms with Crippen LogP contribution in [-0.4, -0.2) is 28.3 Å². The summed E-state index contributed by atoms with van der Waals surface area (Å²) >= 11 is 0. The van der Waals surface area contributed by atoms with Crippen LogP contribution in [-0.2, 0) is 20.9 Å². The number of aryl methyl sites for hydroxylation is 1. The number of halogens is 1. The molecule has 0 aliphatic carbocycles. The van der Waals surface area contributed by atoms with Crippen LogP contribution in [0.1, 0.15) is 11.1 Å². The van der Waals surface area contributed by atoms with Gasteiger partial charge in [0, 0.05) is 28.4 Å². The van der Waals surface area contributed by atoms with Crippen molar-refractivity contribution in [2.24, 2.45) is 0 Å². The van der Waals surface area contributed by atoms with E-state index < -0.39 is 23.7 Å². The van der Waals surface area contributed by atoms with Crippen molar-refractivity contribution in [1.82, 2.24) is 9.88 Å². The van der Waals surface area contributed by atoms with E-state index in [0.717, 1.165) is 28.1 Å². The molecule has 5 rings (SSSR count). The third kappa shape index (κ3) is 4.74. The van der Waals surface area contributed by atoms with Gasteiger partial charge in [-0.2, -0.15) is 0 Å². The van der Waals surface area contributed by atoms with Crippen molar-refractivity contribution in [2.45, 2.75) is 13.5 Å². The number of imide groups is 2. The van der Waals surface area contributed by atoms with Crippen LogP contribution in [0.2, 0.25) is 0 Å². The fourth-order valence-electron chi connectivity index (χ4n) is 4.15. The van der Waals surface area contributed by atoms with E-state index >= 15 is 0 Å². The van der Waals surface area contributed by atoms with E-state index in [4.69, 9.17) is 0 Å². The molecule has 2 heterocycles. The molecule has 1 aromatic heterocycles. The van der Waals surface area contributed by atoms with Crippen molar-refractivity contribution in [1.29, 1.82) is 0 Å². The Morgan fingerprint density at radius 2 is 1.68 bits per heavy atom. The maximum absolute atomic E-state index is 13.4. The van der Waals surface area contributed by atoms with E-state index in [1.54, 1.807) is 16.8 Å². The smallest absolute Gasteiger partial charge is 0.335 e. The fourth-order valence-corrected chi connectivity index (χ4v) is 4.15. The first kappa shape index (κ1) is 23.7. The van der Waals surface area contributed by atoms with Gasteiger partial charge in [-0.1, -0.05) is 35.9 Å². The zero-order valence-corrected chi connectivity index (χ0v) is 19.7. The van der Waals surface area contributed by atoms with E-state index in [-0.39, 0.29) is 23.7 Å². The second-order valence-corrected chi connectivity index (χ2v) is 8.58. The van der Waals surface area contributed by atoms with Gasteiger partial charge >= 0.3 is 6.03 Å². The zero-order valence-electron chi connectivity index (χ0n) is 19.7. The number of rotatable bonds is 5. The molecule has 4 aromatic rings. The average molecular weight is 496 g/mol. The number of anilines is 2. The van der Waals surface area contributed by atoms with E-state index in [0.29, 0.717) is 16.6 Å². The van der Waals surface area contributed by atoms with Crippen molar-refractivity contribution < 1.29 is 23.6 Å². The summed E-state index contributed by atoms with van der Waals surface area (Å²) in [5.41, 5.74) is 2.85. The second kappa shape index (κ2) is 9.54. The van der Waals surface area contributed by atoms with Gasteiger partial charge in [0.2, 0.25) is 5.91 Å². The third-order valence-corrected chi connectivity index (χ3v) is 5.96. The van der Waals surface area contributed by atoms with Crippen LogP contribution in [0.15, 0.2) is 84.6 Å². The number of barbiturate groups is 1. The highest BCUT2D eigenvalue weighted by atomic mass is 19.1. The Balaban J connectivity index is 1.47. The largest absolute Gasteiger partial charge is 0.337 e. The Labute approximate surface area is 211 Å². The first-order chi connectivity index (χ1) is 17.8. The molecule has 8 nitrogen and oxygen atoms in total. The number of hydrogen-bond acceptors (Lipinski definition) is 4. The van der Waals surface area contributed by atoms with Gasteiger partial charge in [-0.25, -0.2) is 14.1 Å². The Morgan fingerprint density at radius 1 is 0.973 bits per heavy atom. The molecule has 37 heavy (non-hydrogen) atoms. The number of para-hydroxylation sites is 1. The number of amides is 5. The van der Waals surface area contributed by atoms with Crippen LogP contribution in [0.4, 0.5) is 20.6 Å². The molecule has 0 radical (unpaired) electrons. The molecular weight excluding hydrogens is 475 g/mol. The summed E-state index contributed by atoms with van der Waals surface area (Å²) in [7, 11) is 0. The molecule has 1 fully saturated rings. The lowest BCUT2D eigenvalue weighted by molar-refractivity contribution is -0.122. The second-order valence-electron chi connectivity index (χ2n) is 8.58. The Bertz CT molecular complexity index is 1590. The molecule has 3 aromatic carbocycles. The Kier molecular flexibility index (Phi) is 6.10. The van der Waals surface area contributed by atoms with Gasteiger partial charge in [0.15, 0.2) is 0 Å². The summed E-state index contributed by atoms with van der Waals surface area (Å²) < 4.78 is 15.1. The zero-order chi connectivity index (χ0) is 26.1. The molecule has 1 aliphatic heterocycles. The van der Waals surface area contributed by atoms with Crippen molar-refractivity contribution in [3.8, 4) is 0 Å². The van der Waals surface area contributed by atoms with E-state index in [9.17, 15) is 23.6 Å². The van der Waals surface area contributed by atoms with E-state index in [1.807, 2.05) is 49.4 Å². The minimum absolute atomic E-state index is 0.00209. The normalized spacial score (nSPS) is 14.8. The SMILES string of the molecule is Cc1ccc(NC(=O)Cn2cc(/C=C3\C(=O)NC(=O)N(c4ccc(F)cc4)C3=O)c3ccccc32)cc1. The standard InChI is InChI=1S/C28H21FN4O4/c1-17-6-10-20(11-7-17)30-25(34)16-32-15-18(22-4-2-3-5-24(22)32)14-23-26(35)31-28(37)33(27(23)36)21-12-8-19(29)9-13-21/h2-15H,16H2,1H3,(H,30,34)(H,31,35,37)/b23-14+. The highest BCUT2D eigenvalue weighted by molar-refractivity contribution is 6.39. The lowest BCUT2D eigenvalue weighted by Gasteiger charge is -2.26. The first-order valence-corrected chi connectivity index (χ1v) is 11.4. The molecule has 0 atom stereocenters. The maximum atomic E-state index is 13.4. The summed E-state index contributed by atoms with van der Waals surface area (Å²) in [5, 5.41) is 5.72. The molecule has 0 saturated carbocycles. The number of aromatic nitrogens is 1. The molecule has 0 unspecified atom stereocenters. The van der Waals surface area contributed by atoms with Gasteiger partial charge in [-0.3, -0.25) is 19.7 Å². The maximum Gasteiger partial charge on any atom is 0.335 e. The summed E-state index contributed by atoms with van der Waals surface area (Å²) in [5.74, 6) is -2.46. The van der Waals surface area contributed by atoms with E-state index in [2.05, 4.69) is 10.6 Å². The van der Waals surface area contributed by atoms with Crippen LogP contribution in [0.25, 0.3) is 17.0 Å². The van der Waals surface area contributed by atoms with Crippen LogP contribution in [0.3, 0.4) is 0 Å². The fraction of sp³-hybridized carbons (Fsp3) is 0.0714. The first-order valence-electron chi connectivity index (χ1n) is 11.4. The highest BCUT2D eigenvalue weighted by Crippen LogP contribution is 2.27. The summed E-state index contributed by atoms with van der Waals surface area (Å²) in [6.45, 7) is 1.96. The van der Waals surface area contributed by atoms with Crippen molar-refractivity contribution in [3.05, 3.63) is 102 Å². The molecule has 0 bridgehead atoms. The summed E-state index contributed by atoms with van der Waals surface area (Å²) in [4.78, 5) is 51.7. The number of fused-ring (bicyclic) bond motifs is 1. The van der Waals surface area contributed by atoms with Gasteiger partial charge < -0.3 is 9.88 Å². The van der Waals surface area contributed by atoms with E-state index in [1.165, 1.54) is 18.2 Å². The monoisotopic (exact) mass is 496 g/mol. The van der Waals surface area contributed by atoms with Gasteiger partial charge in [0.25, 0.3) is 11.8 Å². The highest BCUT2D eigenvalue weighted by Gasteiger charge is 2.37. The van der Waals surface area contributed by atoms with Gasteiger partial charge in [0.05, 0.1) is 5.69 Å². The van der Waals surface area contributed by atoms with Crippen LogP contribution >= 0.6 is 0 Å². The van der Waals surface area contributed by atoms with Crippen molar-refractivity contribution in [2.75, 3.05) is 10.2 Å². The average Bonchev–Trinajstić information content (AvgIpc) is 3.21. The Hall–Kier alpha value is -5.05. The molecule has 9 heteroatoms.